The third-order valence-electron chi connectivity index (χ3n) is 3.10. The normalized spacial score (nSPS) is 16.6. The Morgan fingerprint density at radius 2 is 2.11 bits per heavy atom. The maximum Gasteiger partial charge on any atom is 0.269 e. The molecule has 0 atom stereocenters. The number of rotatable bonds is 3. The minimum Gasteiger partial charge on any atom is -0.411 e. The zero-order valence-electron chi connectivity index (χ0n) is 9.95. The number of oxime groups is 1. The van der Waals surface area contributed by atoms with Crippen LogP contribution >= 0.6 is 0 Å². The van der Waals surface area contributed by atoms with E-state index in [1.165, 1.54) is 6.07 Å². The van der Waals surface area contributed by atoms with Gasteiger partial charge in [-0.15, -0.1) is 0 Å². The van der Waals surface area contributed by atoms with Crippen molar-refractivity contribution in [2.24, 2.45) is 5.16 Å². The lowest BCUT2D eigenvalue weighted by Crippen LogP contribution is -2.33. The summed E-state index contributed by atoms with van der Waals surface area (Å²) in [6.45, 7) is 2.34. The summed E-state index contributed by atoms with van der Waals surface area (Å²) in [5, 5.41) is 22.6. The van der Waals surface area contributed by atoms with Gasteiger partial charge in [0.25, 0.3) is 5.69 Å². The monoisotopic (exact) mass is 249 g/mol. The van der Waals surface area contributed by atoms with E-state index >= 15 is 0 Å². The largest absolute Gasteiger partial charge is 0.411 e. The highest BCUT2D eigenvalue weighted by atomic mass is 16.6. The van der Waals surface area contributed by atoms with Crippen LogP contribution in [0.4, 0.5) is 5.69 Å². The van der Waals surface area contributed by atoms with Gasteiger partial charge in [0.1, 0.15) is 0 Å². The molecule has 0 unspecified atom stereocenters. The summed E-state index contributed by atoms with van der Waals surface area (Å²) in [7, 11) is 0. The highest BCUT2D eigenvalue weighted by Crippen LogP contribution is 2.16. The molecular formula is C12H15N3O3. The molecule has 1 saturated heterocycles. The van der Waals surface area contributed by atoms with Crippen LogP contribution < -0.4 is 0 Å². The molecule has 0 radical (unpaired) electrons. The Bertz CT molecular complexity index is 463. The first-order valence-electron chi connectivity index (χ1n) is 5.84. The molecule has 0 saturated carbocycles. The maximum absolute atomic E-state index is 10.7. The molecule has 1 heterocycles. The van der Waals surface area contributed by atoms with Gasteiger partial charge in [0.15, 0.2) is 0 Å². The Hall–Kier alpha value is -1.95. The second kappa shape index (κ2) is 5.59. The number of likely N-dealkylation sites (tertiary alicyclic amines) is 1. The van der Waals surface area contributed by atoms with Crippen LogP contribution in [-0.4, -0.2) is 33.8 Å². The van der Waals surface area contributed by atoms with Crippen molar-refractivity contribution >= 4 is 11.4 Å². The Kier molecular flexibility index (Phi) is 3.88. The first-order chi connectivity index (χ1) is 8.69. The Morgan fingerprint density at radius 3 is 2.72 bits per heavy atom. The smallest absolute Gasteiger partial charge is 0.269 e. The van der Waals surface area contributed by atoms with Crippen molar-refractivity contribution in [2.45, 2.75) is 19.4 Å². The van der Waals surface area contributed by atoms with Crippen molar-refractivity contribution < 1.29 is 10.1 Å². The lowest BCUT2D eigenvalue weighted by molar-refractivity contribution is -0.384. The molecule has 0 spiro atoms. The van der Waals surface area contributed by atoms with Gasteiger partial charge in [-0.05, 0) is 5.56 Å². The predicted molar refractivity (Wildman–Crippen MR) is 66.8 cm³/mol. The van der Waals surface area contributed by atoms with Crippen molar-refractivity contribution in [3.8, 4) is 0 Å². The fraction of sp³-hybridized carbons (Fsp3) is 0.417. The molecule has 0 amide bonds. The first kappa shape index (κ1) is 12.5. The van der Waals surface area contributed by atoms with Crippen LogP contribution in [0.15, 0.2) is 29.4 Å². The molecule has 1 aromatic rings. The highest BCUT2D eigenvalue weighted by molar-refractivity contribution is 5.84. The van der Waals surface area contributed by atoms with Gasteiger partial charge in [-0.3, -0.25) is 15.0 Å². The number of piperidine rings is 1. The summed E-state index contributed by atoms with van der Waals surface area (Å²) in [6, 6.07) is 6.70. The van der Waals surface area contributed by atoms with Crippen molar-refractivity contribution in [1.82, 2.24) is 4.90 Å². The molecule has 0 aromatic heterocycles. The van der Waals surface area contributed by atoms with Crippen LogP contribution in [0.3, 0.4) is 0 Å². The molecule has 0 aliphatic carbocycles. The zero-order valence-corrected chi connectivity index (χ0v) is 9.95. The van der Waals surface area contributed by atoms with E-state index in [9.17, 15) is 10.1 Å². The van der Waals surface area contributed by atoms with Gasteiger partial charge in [-0.1, -0.05) is 17.3 Å². The highest BCUT2D eigenvalue weighted by Gasteiger charge is 2.16. The van der Waals surface area contributed by atoms with Gasteiger partial charge in [0.05, 0.1) is 10.6 Å². The molecule has 1 fully saturated rings. The quantitative estimate of drug-likeness (QED) is 0.505. The number of non-ortho nitro benzene ring substituents is 1. The number of hydrogen-bond donors (Lipinski definition) is 1. The second-order valence-electron chi connectivity index (χ2n) is 4.37. The molecule has 18 heavy (non-hydrogen) atoms. The van der Waals surface area contributed by atoms with E-state index in [2.05, 4.69) is 10.1 Å². The molecule has 96 valence electrons. The average Bonchev–Trinajstić information content (AvgIpc) is 2.40. The van der Waals surface area contributed by atoms with Crippen LogP contribution in [0.25, 0.3) is 0 Å². The molecule has 1 aliphatic rings. The van der Waals surface area contributed by atoms with E-state index in [1.807, 2.05) is 6.07 Å². The standard InChI is InChI=1S/C12H15N3O3/c16-13-11-4-6-14(7-5-11)9-10-2-1-3-12(8-10)15(17)18/h1-3,8,16H,4-7,9H2. The minimum absolute atomic E-state index is 0.127. The molecule has 1 aliphatic heterocycles. The number of hydrogen-bond acceptors (Lipinski definition) is 5. The Balaban J connectivity index is 1.98. The van der Waals surface area contributed by atoms with Crippen LogP contribution in [-0.2, 0) is 6.54 Å². The predicted octanol–water partition coefficient (Wildman–Crippen LogP) is 2.02. The molecule has 0 bridgehead atoms. The molecule has 1 N–H and O–H groups in total. The topological polar surface area (TPSA) is 79.0 Å². The van der Waals surface area contributed by atoms with E-state index in [0.29, 0.717) is 6.54 Å². The van der Waals surface area contributed by atoms with Gasteiger partial charge < -0.3 is 5.21 Å². The summed E-state index contributed by atoms with van der Waals surface area (Å²) in [6.07, 6.45) is 1.51. The Morgan fingerprint density at radius 1 is 1.39 bits per heavy atom. The fourth-order valence-corrected chi connectivity index (χ4v) is 2.10. The number of nitrogens with zero attached hydrogens (tertiary/aromatic N) is 3. The van der Waals surface area contributed by atoms with Crippen LogP contribution in [0.5, 0.6) is 0 Å². The molecular weight excluding hydrogens is 234 g/mol. The zero-order chi connectivity index (χ0) is 13.0. The number of nitro groups is 1. The number of benzene rings is 1. The van der Waals surface area contributed by atoms with Crippen molar-refractivity contribution in [3.63, 3.8) is 0 Å². The van der Waals surface area contributed by atoms with Gasteiger partial charge in [0, 0.05) is 44.6 Å². The second-order valence-corrected chi connectivity index (χ2v) is 4.37. The lowest BCUT2D eigenvalue weighted by Gasteiger charge is -2.26. The Labute approximate surface area is 105 Å². The summed E-state index contributed by atoms with van der Waals surface area (Å²) >= 11 is 0. The molecule has 6 nitrogen and oxygen atoms in total. The summed E-state index contributed by atoms with van der Waals surface area (Å²) < 4.78 is 0. The minimum atomic E-state index is -0.379. The van der Waals surface area contributed by atoms with Crippen LogP contribution in [0.2, 0.25) is 0 Å². The maximum atomic E-state index is 10.7. The average molecular weight is 249 g/mol. The van der Waals surface area contributed by atoms with Gasteiger partial charge in [0.2, 0.25) is 0 Å². The van der Waals surface area contributed by atoms with Gasteiger partial charge in [-0.25, -0.2) is 0 Å². The van der Waals surface area contributed by atoms with E-state index in [0.717, 1.165) is 37.2 Å². The molecule has 1 aromatic carbocycles. The van der Waals surface area contributed by atoms with E-state index in [-0.39, 0.29) is 10.6 Å². The van der Waals surface area contributed by atoms with Crippen molar-refractivity contribution in [1.29, 1.82) is 0 Å². The number of nitro benzene ring substituents is 1. The fourth-order valence-electron chi connectivity index (χ4n) is 2.10. The SMILES string of the molecule is O=[N+]([O-])c1cccc(CN2CCC(=NO)CC2)c1. The van der Waals surface area contributed by atoms with Crippen LogP contribution in [0, 0.1) is 10.1 Å². The summed E-state index contributed by atoms with van der Waals surface area (Å²) in [5.74, 6) is 0. The third kappa shape index (κ3) is 3.04. The molecule has 6 heteroatoms. The van der Waals surface area contributed by atoms with E-state index < -0.39 is 0 Å². The van der Waals surface area contributed by atoms with Crippen molar-refractivity contribution in [2.75, 3.05) is 13.1 Å². The third-order valence-corrected chi connectivity index (χ3v) is 3.10. The van der Waals surface area contributed by atoms with E-state index in [4.69, 9.17) is 5.21 Å². The molecule has 2 rings (SSSR count). The van der Waals surface area contributed by atoms with E-state index in [1.54, 1.807) is 12.1 Å². The van der Waals surface area contributed by atoms with Gasteiger partial charge in [-0.2, -0.15) is 0 Å². The van der Waals surface area contributed by atoms with Gasteiger partial charge >= 0.3 is 0 Å². The van der Waals surface area contributed by atoms with Crippen molar-refractivity contribution in [3.05, 3.63) is 39.9 Å². The summed E-state index contributed by atoms with van der Waals surface area (Å²) in [5.41, 5.74) is 1.89. The summed E-state index contributed by atoms with van der Waals surface area (Å²) in [4.78, 5) is 12.5. The van der Waals surface area contributed by atoms with Crippen LogP contribution in [0.1, 0.15) is 18.4 Å². The lowest BCUT2D eigenvalue weighted by atomic mass is 10.1. The first-order valence-corrected chi connectivity index (χ1v) is 5.84.